The van der Waals surface area contributed by atoms with Crippen molar-refractivity contribution in [2.45, 2.75) is 32.1 Å². The SMILES string of the molecule is O=C(NCC1CC1)c1nnn2c1COC(c1ccccc1)C2. The molecule has 1 aliphatic carbocycles. The molecule has 1 N–H and O–H groups in total. The Labute approximate surface area is 128 Å². The van der Waals surface area contributed by atoms with E-state index in [1.807, 2.05) is 30.3 Å². The molecule has 0 bridgehead atoms. The number of hydrogen-bond acceptors (Lipinski definition) is 4. The number of nitrogens with one attached hydrogen (secondary N) is 1. The van der Waals surface area contributed by atoms with Crippen molar-refractivity contribution in [1.29, 1.82) is 0 Å². The summed E-state index contributed by atoms with van der Waals surface area (Å²) in [6, 6.07) is 10.0. The predicted molar refractivity (Wildman–Crippen MR) is 79.1 cm³/mol. The van der Waals surface area contributed by atoms with E-state index in [9.17, 15) is 4.79 Å². The van der Waals surface area contributed by atoms with Gasteiger partial charge >= 0.3 is 0 Å². The lowest BCUT2D eigenvalue weighted by atomic mass is 10.1. The molecule has 0 spiro atoms. The molecule has 1 unspecified atom stereocenters. The molecule has 6 nitrogen and oxygen atoms in total. The Morgan fingerprint density at radius 2 is 2.14 bits per heavy atom. The van der Waals surface area contributed by atoms with Crippen molar-refractivity contribution in [2.75, 3.05) is 6.54 Å². The monoisotopic (exact) mass is 298 g/mol. The first-order valence-corrected chi connectivity index (χ1v) is 7.68. The zero-order valence-electron chi connectivity index (χ0n) is 12.2. The van der Waals surface area contributed by atoms with E-state index in [0.717, 1.165) is 17.8 Å². The van der Waals surface area contributed by atoms with E-state index in [0.29, 0.717) is 24.8 Å². The topological polar surface area (TPSA) is 69.0 Å². The van der Waals surface area contributed by atoms with Gasteiger partial charge < -0.3 is 10.1 Å². The Balaban J connectivity index is 1.48. The van der Waals surface area contributed by atoms with Gasteiger partial charge in [0.25, 0.3) is 5.91 Å². The van der Waals surface area contributed by atoms with Crippen molar-refractivity contribution in [3.05, 3.63) is 47.3 Å². The van der Waals surface area contributed by atoms with Crippen LogP contribution in [0.3, 0.4) is 0 Å². The highest BCUT2D eigenvalue weighted by molar-refractivity contribution is 5.93. The molecule has 1 aromatic heterocycles. The lowest BCUT2D eigenvalue weighted by Crippen LogP contribution is -2.28. The lowest BCUT2D eigenvalue weighted by Gasteiger charge is -2.24. The van der Waals surface area contributed by atoms with Gasteiger partial charge in [0.15, 0.2) is 5.69 Å². The maximum absolute atomic E-state index is 12.2. The molecular formula is C16H18N4O2. The van der Waals surface area contributed by atoms with Crippen molar-refractivity contribution in [3.63, 3.8) is 0 Å². The summed E-state index contributed by atoms with van der Waals surface area (Å²) in [7, 11) is 0. The van der Waals surface area contributed by atoms with E-state index in [-0.39, 0.29) is 12.0 Å². The van der Waals surface area contributed by atoms with Crippen LogP contribution in [-0.2, 0) is 17.9 Å². The van der Waals surface area contributed by atoms with Crippen LogP contribution in [0.5, 0.6) is 0 Å². The minimum Gasteiger partial charge on any atom is -0.365 e. The zero-order valence-corrected chi connectivity index (χ0v) is 12.2. The Morgan fingerprint density at radius 1 is 1.32 bits per heavy atom. The highest BCUT2D eigenvalue weighted by Crippen LogP contribution is 2.28. The molecule has 1 aliphatic heterocycles. The maximum atomic E-state index is 12.2. The second-order valence-electron chi connectivity index (χ2n) is 5.93. The van der Waals surface area contributed by atoms with E-state index < -0.39 is 0 Å². The van der Waals surface area contributed by atoms with Crippen molar-refractivity contribution in [2.24, 2.45) is 5.92 Å². The molecule has 2 heterocycles. The van der Waals surface area contributed by atoms with Crippen molar-refractivity contribution in [1.82, 2.24) is 20.3 Å². The van der Waals surface area contributed by atoms with Crippen molar-refractivity contribution < 1.29 is 9.53 Å². The van der Waals surface area contributed by atoms with Crippen LogP contribution in [0, 0.1) is 5.92 Å². The van der Waals surface area contributed by atoms with Gasteiger partial charge in [-0.1, -0.05) is 35.5 Å². The number of amides is 1. The number of benzene rings is 1. The second-order valence-corrected chi connectivity index (χ2v) is 5.93. The number of fused-ring (bicyclic) bond motifs is 1. The third-order valence-corrected chi connectivity index (χ3v) is 4.23. The van der Waals surface area contributed by atoms with Crippen LogP contribution < -0.4 is 5.32 Å². The fourth-order valence-electron chi connectivity index (χ4n) is 2.70. The molecule has 1 amide bonds. The summed E-state index contributed by atoms with van der Waals surface area (Å²) in [5.41, 5.74) is 2.27. The molecule has 1 atom stereocenters. The van der Waals surface area contributed by atoms with Crippen molar-refractivity contribution in [3.8, 4) is 0 Å². The van der Waals surface area contributed by atoms with Gasteiger partial charge in [-0.25, -0.2) is 4.68 Å². The minimum atomic E-state index is -0.144. The number of hydrogen-bond donors (Lipinski definition) is 1. The van der Waals surface area contributed by atoms with Crippen LogP contribution in [0.15, 0.2) is 30.3 Å². The molecule has 1 saturated carbocycles. The van der Waals surface area contributed by atoms with Gasteiger partial charge in [-0.2, -0.15) is 0 Å². The summed E-state index contributed by atoms with van der Waals surface area (Å²) >= 11 is 0. The highest BCUT2D eigenvalue weighted by Gasteiger charge is 2.28. The van der Waals surface area contributed by atoms with Gasteiger partial charge in [-0.15, -0.1) is 5.10 Å². The standard InChI is InChI=1S/C16H18N4O2/c21-16(17-8-11-6-7-11)15-13-10-22-14(9-20(13)19-18-15)12-4-2-1-3-5-12/h1-5,11,14H,6-10H2,(H,17,21). The third kappa shape index (κ3) is 2.62. The van der Waals surface area contributed by atoms with Crippen molar-refractivity contribution >= 4 is 5.91 Å². The Bertz CT molecular complexity index is 679. The number of aromatic nitrogens is 3. The van der Waals surface area contributed by atoms with E-state index >= 15 is 0 Å². The Morgan fingerprint density at radius 3 is 2.91 bits per heavy atom. The van der Waals surface area contributed by atoms with E-state index in [2.05, 4.69) is 15.6 Å². The van der Waals surface area contributed by atoms with Crippen LogP contribution in [0.4, 0.5) is 0 Å². The number of nitrogens with zero attached hydrogens (tertiary/aromatic N) is 3. The molecule has 2 aromatic rings. The average molecular weight is 298 g/mol. The first-order chi connectivity index (χ1) is 10.8. The van der Waals surface area contributed by atoms with Gasteiger partial charge in [0.1, 0.15) is 6.10 Å². The summed E-state index contributed by atoms with van der Waals surface area (Å²) in [4.78, 5) is 12.2. The summed E-state index contributed by atoms with van der Waals surface area (Å²) in [5, 5.41) is 11.1. The second kappa shape index (κ2) is 5.53. The largest absolute Gasteiger partial charge is 0.365 e. The average Bonchev–Trinajstić information content (AvgIpc) is 3.30. The molecular weight excluding hydrogens is 280 g/mol. The van der Waals surface area contributed by atoms with Gasteiger partial charge in [0.2, 0.25) is 0 Å². The minimum absolute atomic E-state index is 0.0437. The highest BCUT2D eigenvalue weighted by atomic mass is 16.5. The van der Waals surface area contributed by atoms with Crippen LogP contribution in [0.1, 0.15) is 40.7 Å². The van der Waals surface area contributed by atoms with E-state index in [4.69, 9.17) is 4.74 Å². The number of carbonyl (C=O) groups is 1. The molecule has 1 fully saturated rings. The van der Waals surface area contributed by atoms with Gasteiger partial charge in [-0.3, -0.25) is 4.79 Å². The number of rotatable bonds is 4. The molecule has 2 aliphatic rings. The first-order valence-electron chi connectivity index (χ1n) is 7.68. The fourth-order valence-corrected chi connectivity index (χ4v) is 2.70. The van der Waals surface area contributed by atoms with Crippen LogP contribution >= 0.6 is 0 Å². The van der Waals surface area contributed by atoms with Crippen LogP contribution in [0.2, 0.25) is 0 Å². The maximum Gasteiger partial charge on any atom is 0.273 e. The smallest absolute Gasteiger partial charge is 0.273 e. The number of ether oxygens (including phenoxy) is 1. The van der Waals surface area contributed by atoms with Gasteiger partial charge in [0.05, 0.1) is 18.8 Å². The molecule has 1 aromatic carbocycles. The Hall–Kier alpha value is -2.21. The first kappa shape index (κ1) is 13.5. The molecule has 114 valence electrons. The summed E-state index contributed by atoms with van der Waals surface area (Å²) in [6.45, 7) is 1.68. The Kier molecular flexibility index (Phi) is 3.38. The van der Waals surface area contributed by atoms with E-state index in [1.54, 1.807) is 4.68 Å². The zero-order chi connectivity index (χ0) is 14.9. The molecule has 22 heavy (non-hydrogen) atoms. The third-order valence-electron chi connectivity index (χ3n) is 4.23. The quantitative estimate of drug-likeness (QED) is 0.932. The molecule has 4 rings (SSSR count). The normalized spacial score (nSPS) is 20.5. The molecule has 0 radical (unpaired) electrons. The van der Waals surface area contributed by atoms with Gasteiger partial charge in [-0.05, 0) is 24.3 Å². The molecule has 6 heteroatoms. The summed E-state index contributed by atoms with van der Waals surface area (Å²) in [6.07, 6.45) is 2.38. The van der Waals surface area contributed by atoms with Crippen LogP contribution in [0.25, 0.3) is 0 Å². The van der Waals surface area contributed by atoms with E-state index in [1.165, 1.54) is 12.8 Å². The lowest BCUT2D eigenvalue weighted by molar-refractivity contribution is -0.00177. The number of carbonyl (C=O) groups excluding carboxylic acids is 1. The predicted octanol–water partition coefficient (Wildman–Crippen LogP) is 1.69. The van der Waals surface area contributed by atoms with Gasteiger partial charge in [0, 0.05) is 6.54 Å². The van der Waals surface area contributed by atoms with Crippen LogP contribution in [-0.4, -0.2) is 27.4 Å². The fraction of sp³-hybridized carbons (Fsp3) is 0.438. The molecule has 0 saturated heterocycles. The summed E-state index contributed by atoms with van der Waals surface area (Å²) < 4.78 is 7.68. The summed E-state index contributed by atoms with van der Waals surface area (Å²) in [5.74, 6) is 0.504.